The molecule has 0 spiro atoms. The molecule has 0 saturated carbocycles. The van der Waals surface area contributed by atoms with Gasteiger partial charge in [0, 0.05) is 39.0 Å². The maximum Gasteiger partial charge on any atom is 0.185 e. The molecule has 0 N–H and O–H groups in total. The Morgan fingerprint density at radius 1 is 0.328 bits per heavy atom. The standard InChI is InChI=1S/C56H56B2N2S4/c1-31-19-35(5)51(36(6)20-31)57(29-59,52-37(7)21-32(2)22-38(52)8)45-27-49(63-55(45)47-17-15-43(13)61-47)50-28-46(56(64-50)48-18-16-44(14)62-48)58(30-60,53-39(9)23-33(3)24-40(53)10)54-41(11)25-34(4)26-42(54)12/h15-28H,1-14H3/q-2. The van der Waals surface area contributed by atoms with Gasteiger partial charge in [-0.15, -0.1) is 57.3 Å². The van der Waals surface area contributed by atoms with Crippen LogP contribution in [0.2, 0.25) is 0 Å². The first-order chi connectivity index (χ1) is 30.3. The number of rotatable bonds is 9. The van der Waals surface area contributed by atoms with Gasteiger partial charge >= 0.3 is 0 Å². The van der Waals surface area contributed by atoms with Crippen LogP contribution in [0.3, 0.4) is 0 Å². The summed E-state index contributed by atoms with van der Waals surface area (Å²) in [6.45, 7) is 30.5. The van der Waals surface area contributed by atoms with Crippen molar-refractivity contribution in [3.05, 3.63) is 161 Å². The minimum absolute atomic E-state index is 1.07. The van der Waals surface area contributed by atoms with Crippen LogP contribution in [0.4, 0.5) is 0 Å². The second-order valence-electron chi connectivity index (χ2n) is 18.9. The zero-order valence-electron chi connectivity index (χ0n) is 39.8. The zero-order chi connectivity index (χ0) is 46.2. The van der Waals surface area contributed by atoms with Crippen molar-refractivity contribution in [3.63, 3.8) is 0 Å². The van der Waals surface area contributed by atoms with Gasteiger partial charge in [-0.25, -0.2) is 10.5 Å². The summed E-state index contributed by atoms with van der Waals surface area (Å²) >= 11 is 7.20. The van der Waals surface area contributed by atoms with Gasteiger partial charge in [0.15, 0.2) is 12.3 Å². The van der Waals surface area contributed by atoms with Crippen molar-refractivity contribution in [2.75, 3.05) is 0 Å². The van der Waals surface area contributed by atoms with Gasteiger partial charge in [-0.3, -0.25) is 0 Å². The second-order valence-corrected chi connectivity index (χ2v) is 23.5. The molecule has 4 heterocycles. The predicted octanol–water partition coefficient (Wildman–Crippen LogP) is 12.3. The van der Waals surface area contributed by atoms with E-state index in [9.17, 15) is 10.5 Å². The van der Waals surface area contributed by atoms with Crippen LogP contribution in [-0.2, 0) is 0 Å². The van der Waals surface area contributed by atoms with Gasteiger partial charge in [-0.05, 0) is 121 Å². The average molecular weight is 907 g/mol. The van der Waals surface area contributed by atoms with E-state index in [2.05, 4.69) is 194 Å². The first-order valence-corrected chi connectivity index (χ1v) is 25.5. The Balaban J connectivity index is 1.54. The maximum absolute atomic E-state index is 12.2. The monoisotopic (exact) mass is 906 g/mol. The lowest BCUT2D eigenvalue weighted by molar-refractivity contribution is 1.33. The zero-order valence-corrected chi connectivity index (χ0v) is 43.0. The topological polar surface area (TPSA) is 47.6 Å². The van der Waals surface area contributed by atoms with Crippen LogP contribution in [0.1, 0.15) is 76.5 Å². The molecule has 0 saturated heterocycles. The largest absolute Gasteiger partial charge is 0.248 e. The second kappa shape index (κ2) is 17.0. The normalized spacial score (nSPS) is 11.9. The summed E-state index contributed by atoms with van der Waals surface area (Å²) in [6, 6.07) is 31.7. The number of hydrogen-bond donors (Lipinski definition) is 0. The van der Waals surface area contributed by atoms with Crippen LogP contribution in [-0.4, -0.2) is 12.3 Å². The Morgan fingerprint density at radius 2 is 0.578 bits per heavy atom. The van der Waals surface area contributed by atoms with E-state index < -0.39 is 12.3 Å². The summed E-state index contributed by atoms with van der Waals surface area (Å²) in [6.07, 6.45) is -4.32. The van der Waals surface area contributed by atoms with E-state index in [4.69, 9.17) is 0 Å². The number of thiophene rings is 4. The quantitative estimate of drug-likeness (QED) is 0.136. The molecule has 0 aliphatic rings. The third kappa shape index (κ3) is 7.38. The molecule has 0 amide bonds. The SMILES string of the molecule is Cc1cc(C)c([B-](C#N)(c2cc(-c3cc([B-](C#N)(c4c(C)cc(C)cc4C)c4c(C)cc(C)cc4C)c(-c4ccc(C)s4)s3)sc2-c2ccc(C)s2)c2c(C)cc(C)cc2C)c(C)c1. The highest BCUT2D eigenvalue weighted by Crippen LogP contribution is 2.44. The van der Waals surface area contributed by atoms with Crippen LogP contribution in [0.15, 0.2) is 84.9 Å². The fraction of sp³-hybridized carbons (Fsp3) is 0.250. The fourth-order valence-electron chi connectivity index (χ4n) is 12.0. The van der Waals surface area contributed by atoms with E-state index >= 15 is 0 Å². The lowest BCUT2D eigenvalue weighted by atomic mass is 9.15. The van der Waals surface area contributed by atoms with Crippen molar-refractivity contribution in [3.8, 4) is 41.2 Å². The van der Waals surface area contributed by atoms with Crippen molar-refractivity contribution >= 4 is 90.4 Å². The molecule has 322 valence electrons. The van der Waals surface area contributed by atoms with Gasteiger partial charge in [-0.2, -0.15) is 32.8 Å². The molecule has 0 radical (unpaired) electrons. The molecular formula is C56H56B2N2S4-2. The minimum Gasteiger partial charge on any atom is -0.248 e. The molecule has 8 rings (SSSR count). The fourth-order valence-corrected chi connectivity index (χ4v) is 16.6. The van der Waals surface area contributed by atoms with Crippen LogP contribution >= 0.6 is 45.3 Å². The average Bonchev–Trinajstić information content (AvgIpc) is 4.02. The molecule has 0 fully saturated rings. The smallest absolute Gasteiger partial charge is 0.185 e. The summed E-state index contributed by atoms with van der Waals surface area (Å²) in [5, 5.41) is 24.4. The van der Waals surface area contributed by atoms with E-state index in [1.807, 2.05) is 0 Å². The van der Waals surface area contributed by atoms with Crippen molar-refractivity contribution in [2.45, 2.75) is 96.9 Å². The lowest BCUT2D eigenvalue weighted by Gasteiger charge is -2.41. The van der Waals surface area contributed by atoms with Crippen molar-refractivity contribution in [2.24, 2.45) is 0 Å². The molecule has 4 aromatic carbocycles. The van der Waals surface area contributed by atoms with Gasteiger partial charge in [-0.1, -0.05) is 127 Å². The molecule has 0 atom stereocenters. The summed E-state index contributed by atoms with van der Waals surface area (Å²) in [4.78, 5) is 9.34. The lowest BCUT2D eigenvalue weighted by Crippen LogP contribution is -2.69. The van der Waals surface area contributed by atoms with E-state index in [1.165, 1.54) is 41.8 Å². The third-order valence-electron chi connectivity index (χ3n) is 13.7. The molecule has 4 aromatic heterocycles. The molecule has 2 nitrogen and oxygen atoms in total. The predicted molar refractivity (Wildman–Crippen MR) is 287 cm³/mol. The Hall–Kier alpha value is -5.21. The number of nitrogens with zero attached hydrogens (tertiary/aromatic N) is 2. The molecule has 8 aromatic rings. The van der Waals surface area contributed by atoms with Gasteiger partial charge in [0.2, 0.25) is 0 Å². The summed E-state index contributed by atoms with van der Waals surface area (Å²) in [7, 11) is 0. The third-order valence-corrected chi connectivity index (χ3v) is 18.6. The van der Waals surface area contributed by atoms with Gasteiger partial charge < -0.3 is 0 Å². The van der Waals surface area contributed by atoms with Crippen molar-refractivity contribution in [1.82, 2.24) is 0 Å². The Kier molecular flexibility index (Phi) is 12.0. The molecule has 64 heavy (non-hydrogen) atoms. The maximum atomic E-state index is 12.2. The molecule has 0 unspecified atom stereocenters. The summed E-state index contributed by atoms with van der Waals surface area (Å²) in [5.74, 6) is 6.29. The first kappa shape index (κ1) is 45.4. The summed E-state index contributed by atoms with van der Waals surface area (Å²) < 4.78 is 0. The van der Waals surface area contributed by atoms with Gasteiger partial charge in [0.25, 0.3) is 0 Å². The van der Waals surface area contributed by atoms with Gasteiger partial charge in [0.1, 0.15) is 0 Å². The molecular weight excluding hydrogens is 851 g/mol. The van der Waals surface area contributed by atoms with E-state index in [0.29, 0.717) is 0 Å². The van der Waals surface area contributed by atoms with Crippen LogP contribution in [0, 0.1) is 119 Å². The number of aryl methyl sites for hydroxylation is 14. The number of benzene rings is 4. The Labute approximate surface area is 397 Å². The highest BCUT2D eigenvalue weighted by molar-refractivity contribution is 7.33. The Bertz CT molecular complexity index is 2840. The highest BCUT2D eigenvalue weighted by Gasteiger charge is 2.41. The first-order valence-electron chi connectivity index (χ1n) is 22.2. The van der Waals surface area contributed by atoms with E-state index in [1.54, 1.807) is 45.3 Å². The van der Waals surface area contributed by atoms with E-state index in [0.717, 1.165) is 96.8 Å². The molecule has 0 aliphatic heterocycles. The van der Waals surface area contributed by atoms with Crippen LogP contribution in [0.5, 0.6) is 0 Å². The van der Waals surface area contributed by atoms with Gasteiger partial charge in [0.05, 0.1) is 0 Å². The Morgan fingerprint density at radius 3 is 0.781 bits per heavy atom. The molecule has 8 heteroatoms. The summed E-state index contributed by atoms with van der Waals surface area (Å²) in [5.41, 5.74) is 20.5. The van der Waals surface area contributed by atoms with Crippen molar-refractivity contribution in [1.29, 1.82) is 10.5 Å². The van der Waals surface area contributed by atoms with E-state index in [-0.39, 0.29) is 0 Å². The minimum atomic E-state index is -2.16. The highest BCUT2D eigenvalue weighted by atomic mass is 32.1. The van der Waals surface area contributed by atoms with Crippen LogP contribution in [0.25, 0.3) is 29.3 Å². The number of nitriles is 2. The molecule has 0 aliphatic carbocycles. The van der Waals surface area contributed by atoms with Crippen molar-refractivity contribution < 1.29 is 0 Å². The van der Waals surface area contributed by atoms with Crippen LogP contribution < -0.4 is 32.8 Å². The number of hydrogen-bond acceptors (Lipinski definition) is 6. The molecule has 0 bridgehead atoms.